The van der Waals surface area contributed by atoms with Crippen molar-refractivity contribution in [1.82, 2.24) is 0 Å². The molecule has 20 heavy (non-hydrogen) atoms. The van der Waals surface area contributed by atoms with Gasteiger partial charge in [0.2, 0.25) is 0 Å². The molecule has 0 aromatic rings. The molecule has 0 saturated heterocycles. The summed E-state index contributed by atoms with van der Waals surface area (Å²) in [5.41, 5.74) is 0. The molecule has 0 amide bonds. The SMILES string of the molecule is CCCCCCC(C)C[CH]CCCC(C)CCCCC. The fourth-order valence-corrected chi connectivity index (χ4v) is 2.94. The van der Waals surface area contributed by atoms with Gasteiger partial charge in [-0.15, -0.1) is 0 Å². The zero-order chi connectivity index (χ0) is 15.1. The molecule has 0 heterocycles. The monoisotopic (exact) mass is 281 g/mol. The standard InChI is InChI=1S/C20H41/c1-5-7-9-12-16-20(4)18-14-10-13-17-19(3)15-11-8-6-2/h14,19-20H,5-13,15-18H2,1-4H3. The van der Waals surface area contributed by atoms with E-state index in [4.69, 9.17) is 0 Å². The zero-order valence-electron chi connectivity index (χ0n) is 14.9. The van der Waals surface area contributed by atoms with Crippen molar-refractivity contribution < 1.29 is 0 Å². The fraction of sp³-hybridized carbons (Fsp3) is 0.950. The minimum Gasteiger partial charge on any atom is -0.0654 e. The molecule has 0 bridgehead atoms. The molecule has 0 aliphatic carbocycles. The molecule has 0 aromatic carbocycles. The van der Waals surface area contributed by atoms with Crippen LogP contribution >= 0.6 is 0 Å². The third-order valence-corrected chi connectivity index (χ3v) is 4.53. The number of unbranched alkanes of at least 4 members (excludes halogenated alkanes) is 7. The van der Waals surface area contributed by atoms with Crippen LogP contribution < -0.4 is 0 Å². The van der Waals surface area contributed by atoms with Crippen molar-refractivity contribution in [3.05, 3.63) is 6.42 Å². The molecule has 0 spiro atoms. The lowest BCUT2D eigenvalue weighted by Crippen LogP contribution is -1.97. The largest absolute Gasteiger partial charge is 0.0654 e. The van der Waals surface area contributed by atoms with Gasteiger partial charge >= 0.3 is 0 Å². The Labute approximate surface area is 130 Å². The number of hydrogen-bond acceptors (Lipinski definition) is 0. The summed E-state index contributed by atoms with van der Waals surface area (Å²) in [4.78, 5) is 0. The van der Waals surface area contributed by atoms with Crippen molar-refractivity contribution >= 4 is 0 Å². The van der Waals surface area contributed by atoms with Crippen molar-refractivity contribution in [3.8, 4) is 0 Å². The number of rotatable bonds is 15. The summed E-state index contributed by atoms with van der Waals surface area (Å²) in [5, 5.41) is 0. The van der Waals surface area contributed by atoms with Gasteiger partial charge in [-0.3, -0.25) is 0 Å². The summed E-state index contributed by atoms with van der Waals surface area (Å²) in [6, 6.07) is 0. The minimum absolute atomic E-state index is 0.911. The van der Waals surface area contributed by atoms with Crippen LogP contribution in [0.15, 0.2) is 0 Å². The van der Waals surface area contributed by atoms with Crippen LogP contribution in [0.4, 0.5) is 0 Å². The van der Waals surface area contributed by atoms with Crippen LogP contribution in [0, 0.1) is 18.3 Å². The third-order valence-electron chi connectivity index (χ3n) is 4.53. The highest BCUT2D eigenvalue weighted by atomic mass is 14.1. The van der Waals surface area contributed by atoms with Crippen LogP contribution in [0.5, 0.6) is 0 Å². The van der Waals surface area contributed by atoms with Gasteiger partial charge in [-0.05, 0) is 24.7 Å². The van der Waals surface area contributed by atoms with Crippen LogP contribution in [0.2, 0.25) is 0 Å². The van der Waals surface area contributed by atoms with Crippen molar-refractivity contribution in [2.75, 3.05) is 0 Å². The summed E-state index contributed by atoms with van der Waals surface area (Å²) < 4.78 is 0. The normalized spacial score (nSPS) is 14.4. The van der Waals surface area contributed by atoms with E-state index in [0.29, 0.717) is 0 Å². The van der Waals surface area contributed by atoms with E-state index in [1.165, 1.54) is 83.5 Å². The van der Waals surface area contributed by atoms with Gasteiger partial charge in [0.25, 0.3) is 0 Å². The zero-order valence-corrected chi connectivity index (χ0v) is 14.9. The molecular weight excluding hydrogens is 240 g/mol. The maximum atomic E-state index is 2.56. The van der Waals surface area contributed by atoms with Crippen LogP contribution in [0.25, 0.3) is 0 Å². The van der Waals surface area contributed by atoms with Crippen LogP contribution in [-0.2, 0) is 0 Å². The molecule has 2 atom stereocenters. The molecule has 0 aliphatic heterocycles. The summed E-state index contributed by atoms with van der Waals surface area (Å²) in [6.07, 6.45) is 20.9. The first-order chi connectivity index (χ1) is 9.70. The Balaban J connectivity index is 3.25. The molecule has 0 nitrogen and oxygen atoms in total. The van der Waals surface area contributed by atoms with Gasteiger partial charge in [-0.1, -0.05) is 105 Å². The van der Waals surface area contributed by atoms with Crippen molar-refractivity contribution in [2.45, 2.75) is 111 Å². The molecular formula is C20H41. The van der Waals surface area contributed by atoms with Crippen LogP contribution in [0.3, 0.4) is 0 Å². The average Bonchev–Trinajstić information content (AvgIpc) is 2.43. The Hall–Kier alpha value is 0. The molecule has 0 rings (SSSR count). The van der Waals surface area contributed by atoms with Gasteiger partial charge in [0.1, 0.15) is 0 Å². The molecule has 0 heteroatoms. The smallest absolute Gasteiger partial charge is 0.0383 e. The molecule has 0 saturated carbocycles. The van der Waals surface area contributed by atoms with Gasteiger partial charge in [0.05, 0.1) is 0 Å². The van der Waals surface area contributed by atoms with Gasteiger partial charge in [-0.2, -0.15) is 0 Å². The van der Waals surface area contributed by atoms with E-state index in [-0.39, 0.29) is 0 Å². The van der Waals surface area contributed by atoms with Gasteiger partial charge in [0, 0.05) is 0 Å². The van der Waals surface area contributed by atoms with E-state index in [1.807, 2.05) is 0 Å². The summed E-state index contributed by atoms with van der Waals surface area (Å²) in [6.45, 7) is 9.45. The van der Waals surface area contributed by atoms with E-state index in [9.17, 15) is 0 Å². The maximum Gasteiger partial charge on any atom is -0.0383 e. The molecule has 121 valence electrons. The first-order valence-corrected chi connectivity index (χ1v) is 9.52. The summed E-state index contributed by atoms with van der Waals surface area (Å²) in [5.74, 6) is 1.86. The van der Waals surface area contributed by atoms with E-state index in [0.717, 1.165) is 11.8 Å². The first-order valence-electron chi connectivity index (χ1n) is 9.52. The quantitative estimate of drug-likeness (QED) is 0.271. The lowest BCUT2D eigenvalue weighted by atomic mass is 9.94. The van der Waals surface area contributed by atoms with Crippen LogP contribution in [0.1, 0.15) is 111 Å². The third kappa shape index (κ3) is 14.4. The second kappa shape index (κ2) is 15.4. The highest BCUT2D eigenvalue weighted by molar-refractivity contribution is 4.69. The fourth-order valence-electron chi connectivity index (χ4n) is 2.94. The lowest BCUT2D eigenvalue weighted by Gasteiger charge is -2.12. The van der Waals surface area contributed by atoms with Gasteiger partial charge in [0.15, 0.2) is 0 Å². The molecule has 0 fully saturated rings. The van der Waals surface area contributed by atoms with Crippen LogP contribution in [-0.4, -0.2) is 0 Å². The highest BCUT2D eigenvalue weighted by Gasteiger charge is 2.04. The number of hydrogen-bond donors (Lipinski definition) is 0. The lowest BCUT2D eigenvalue weighted by molar-refractivity contribution is 0.439. The maximum absolute atomic E-state index is 2.56. The molecule has 0 aliphatic rings. The molecule has 0 N–H and O–H groups in total. The molecule has 1 radical (unpaired) electrons. The minimum atomic E-state index is 0.911. The van der Waals surface area contributed by atoms with Gasteiger partial charge < -0.3 is 0 Å². The summed E-state index contributed by atoms with van der Waals surface area (Å²) in [7, 11) is 0. The highest BCUT2D eigenvalue weighted by Crippen LogP contribution is 2.19. The van der Waals surface area contributed by atoms with Crippen molar-refractivity contribution in [1.29, 1.82) is 0 Å². The second-order valence-corrected chi connectivity index (χ2v) is 7.01. The topological polar surface area (TPSA) is 0 Å². The first kappa shape index (κ1) is 20.0. The Morgan fingerprint density at radius 1 is 0.650 bits per heavy atom. The van der Waals surface area contributed by atoms with Crippen molar-refractivity contribution in [2.24, 2.45) is 11.8 Å². The molecule has 2 unspecified atom stereocenters. The Morgan fingerprint density at radius 3 is 1.90 bits per heavy atom. The van der Waals surface area contributed by atoms with E-state index < -0.39 is 0 Å². The predicted molar refractivity (Wildman–Crippen MR) is 94.0 cm³/mol. The Kier molecular flexibility index (Phi) is 15.4. The van der Waals surface area contributed by atoms with Crippen molar-refractivity contribution in [3.63, 3.8) is 0 Å². The van der Waals surface area contributed by atoms with E-state index in [2.05, 4.69) is 34.1 Å². The Morgan fingerprint density at radius 2 is 1.20 bits per heavy atom. The second-order valence-electron chi connectivity index (χ2n) is 7.01. The Bertz CT molecular complexity index is 173. The summed E-state index contributed by atoms with van der Waals surface area (Å²) >= 11 is 0. The van der Waals surface area contributed by atoms with E-state index in [1.54, 1.807) is 0 Å². The molecule has 0 aromatic heterocycles. The average molecular weight is 282 g/mol. The predicted octanol–water partition coefficient (Wildman–Crippen LogP) is 7.57. The van der Waals surface area contributed by atoms with E-state index >= 15 is 0 Å². The van der Waals surface area contributed by atoms with Gasteiger partial charge in [-0.25, -0.2) is 0 Å².